The monoisotopic (exact) mass is 538 g/mol. The topological polar surface area (TPSA) is 109 Å². The largest absolute Gasteiger partial charge is 0.491 e. The summed E-state index contributed by atoms with van der Waals surface area (Å²) in [6.45, 7) is 2.63. The molecule has 5 rings (SSSR count). The second kappa shape index (κ2) is 11.6. The van der Waals surface area contributed by atoms with Crippen molar-refractivity contribution in [2.24, 2.45) is 11.7 Å². The van der Waals surface area contributed by atoms with Crippen molar-refractivity contribution in [3.8, 4) is 17.0 Å². The van der Waals surface area contributed by atoms with Gasteiger partial charge in [-0.1, -0.05) is 6.92 Å². The lowest BCUT2D eigenvalue weighted by Gasteiger charge is -2.38. The molecule has 0 bridgehead atoms. The standard InChI is InChI=1S/C28H32F2N6O3/c1-16-10-17(11-23(31)27(16)38-3)20-6-7-32-15-25(20)34-28-33-14-18-4-5-24(35-36(18)28)26-21(29)12-19(13-22(26)30)39-9-8-37-2/h4-7,12-17,23,27H,8-11,31H2,1-3H3,(H,33,34)/t16-,17+,23+,27+/m0/s1. The van der Waals surface area contributed by atoms with Crippen LogP contribution in [-0.2, 0) is 9.47 Å². The van der Waals surface area contributed by atoms with Crippen LogP contribution in [-0.4, -0.2) is 59.2 Å². The number of nitrogens with zero attached hydrogens (tertiary/aromatic N) is 4. The molecule has 0 radical (unpaired) electrons. The van der Waals surface area contributed by atoms with Gasteiger partial charge >= 0.3 is 0 Å². The van der Waals surface area contributed by atoms with Gasteiger partial charge in [-0.3, -0.25) is 4.98 Å². The number of ether oxygens (including phenoxy) is 3. The van der Waals surface area contributed by atoms with Crippen molar-refractivity contribution >= 4 is 17.2 Å². The molecule has 39 heavy (non-hydrogen) atoms. The Morgan fingerprint density at radius 2 is 1.87 bits per heavy atom. The maximum absolute atomic E-state index is 15.0. The Labute approximate surface area is 225 Å². The minimum atomic E-state index is -0.782. The van der Waals surface area contributed by atoms with Crippen molar-refractivity contribution in [2.45, 2.75) is 37.8 Å². The summed E-state index contributed by atoms with van der Waals surface area (Å²) in [5.74, 6) is -0.595. The number of rotatable bonds is 9. The number of anilines is 2. The van der Waals surface area contributed by atoms with E-state index in [-0.39, 0.29) is 41.7 Å². The molecule has 11 heteroatoms. The molecule has 4 aromatic rings. The highest BCUT2D eigenvalue weighted by atomic mass is 19.1. The number of fused-ring (bicyclic) bond motifs is 1. The Hall–Kier alpha value is -3.67. The van der Waals surface area contributed by atoms with Gasteiger partial charge in [-0.05, 0) is 48.4 Å². The number of aromatic nitrogens is 4. The SMILES string of the molecule is COCCOc1cc(F)c(-c2ccc3cnc(Nc4cnccc4[C@H]4C[C@@H](N)[C@H](OC)[C@@H](C)C4)n3n2)c(F)c1. The fourth-order valence-electron chi connectivity index (χ4n) is 5.43. The van der Waals surface area contributed by atoms with E-state index in [1.165, 1.54) is 11.6 Å². The van der Waals surface area contributed by atoms with Crippen LogP contribution in [0.3, 0.4) is 0 Å². The van der Waals surface area contributed by atoms with Crippen LogP contribution in [0.5, 0.6) is 5.75 Å². The van der Waals surface area contributed by atoms with E-state index in [9.17, 15) is 8.78 Å². The first-order valence-corrected chi connectivity index (χ1v) is 12.8. The van der Waals surface area contributed by atoms with Crippen LogP contribution >= 0.6 is 0 Å². The highest BCUT2D eigenvalue weighted by Crippen LogP contribution is 2.40. The quantitative estimate of drug-likeness (QED) is 0.296. The highest BCUT2D eigenvalue weighted by Gasteiger charge is 2.35. The first kappa shape index (κ1) is 26.9. The smallest absolute Gasteiger partial charge is 0.229 e. The van der Waals surface area contributed by atoms with Crippen LogP contribution in [0.4, 0.5) is 20.4 Å². The van der Waals surface area contributed by atoms with Gasteiger partial charge in [0.1, 0.15) is 24.0 Å². The zero-order valence-electron chi connectivity index (χ0n) is 22.1. The maximum atomic E-state index is 15.0. The lowest BCUT2D eigenvalue weighted by molar-refractivity contribution is 0.00984. The van der Waals surface area contributed by atoms with Crippen LogP contribution in [0, 0.1) is 17.6 Å². The lowest BCUT2D eigenvalue weighted by atomic mass is 9.74. The van der Waals surface area contributed by atoms with Gasteiger partial charge < -0.3 is 25.3 Å². The number of nitrogens with one attached hydrogen (secondary N) is 1. The molecule has 1 saturated carbocycles. The number of imidazole rings is 1. The molecule has 0 spiro atoms. The van der Waals surface area contributed by atoms with Crippen LogP contribution < -0.4 is 15.8 Å². The van der Waals surface area contributed by atoms with E-state index in [2.05, 4.69) is 27.3 Å². The molecule has 4 atom stereocenters. The summed E-state index contributed by atoms with van der Waals surface area (Å²) in [4.78, 5) is 8.76. The minimum absolute atomic E-state index is 0.0186. The van der Waals surface area contributed by atoms with Gasteiger partial charge in [-0.15, -0.1) is 0 Å². The molecule has 1 aliphatic rings. The Morgan fingerprint density at radius 3 is 2.59 bits per heavy atom. The van der Waals surface area contributed by atoms with Crippen LogP contribution in [0.1, 0.15) is 31.2 Å². The number of nitrogens with two attached hydrogens (primary N) is 1. The van der Waals surface area contributed by atoms with Crippen LogP contribution in [0.15, 0.2) is 48.9 Å². The van der Waals surface area contributed by atoms with Crippen molar-refractivity contribution in [3.63, 3.8) is 0 Å². The second-order valence-corrected chi connectivity index (χ2v) is 9.84. The zero-order chi connectivity index (χ0) is 27.5. The number of benzene rings is 1. The van der Waals surface area contributed by atoms with E-state index in [0.717, 1.165) is 36.2 Å². The zero-order valence-corrected chi connectivity index (χ0v) is 22.1. The van der Waals surface area contributed by atoms with Gasteiger partial charge in [0.05, 0.1) is 47.6 Å². The van der Waals surface area contributed by atoms with Crippen molar-refractivity contribution in [1.29, 1.82) is 0 Å². The van der Waals surface area contributed by atoms with E-state index >= 15 is 0 Å². The first-order chi connectivity index (χ1) is 18.9. The molecule has 1 fully saturated rings. The first-order valence-electron chi connectivity index (χ1n) is 12.8. The van der Waals surface area contributed by atoms with E-state index in [1.807, 2.05) is 6.07 Å². The molecule has 0 aliphatic heterocycles. The predicted molar refractivity (Wildman–Crippen MR) is 143 cm³/mol. The fraction of sp³-hybridized carbons (Fsp3) is 0.393. The van der Waals surface area contributed by atoms with Crippen molar-refractivity contribution < 1.29 is 23.0 Å². The molecule has 1 aliphatic carbocycles. The van der Waals surface area contributed by atoms with E-state index < -0.39 is 11.6 Å². The lowest BCUT2D eigenvalue weighted by Crippen LogP contribution is -2.45. The Bertz CT molecular complexity index is 1410. The van der Waals surface area contributed by atoms with Gasteiger partial charge in [0.25, 0.3) is 0 Å². The van der Waals surface area contributed by atoms with Gasteiger partial charge in [0.2, 0.25) is 5.95 Å². The van der Waals surface area contributed by atoms with Crippen LogP contribution in [0.25, 0.3) is 16.8 Å². The summed E-state index contributed by atoms with van der Waals surface area (Å²) in [6, 6.07) is 7.44. The van der Waals surface area contributed by atoms with Gasteiger partial charge in [0.15, 0.2) is 0 Å². The molecule has 0 unspecified atom stereocenters. The molecule has 3 heterocycles. The van der Waals surface area contributed by atoms with Crippen molar-refractivity contribution in [2.75, 3.05) is 32.8 Å². The maximum Gasteiger partial charge on any atom is 0.229 e. The molecule has 3 N–H and O–H groups in total. The molecular weight excluding hydrogens is 506 g/mol. The molecule has 0 amide bonds. The average molecular weight is 539 g/mol. The fourth-order valence-corrected chi connectivity index (χ4v) is 5.43. The number of hydrogen-bond donors (Lipinski definition) is 2. The molecule has 1 aromatic carbocycles. The molecule has 206 valence electrons. The third-order valence-corrected chi connectivity index (χ3v) is 7.22. The summed E-state index contributed by atoms with van der Waals surface area (Å²) < 4.78 is 47.4. The minimum Gasteiger partial charge on any atom is -0.491 e. The summed E-state index contributed by atoms with van der Waals surface area (Å²) in [6.07, 6.45) is 6.84. The number of halogens is 2. The van der Waals surface area contributed by atoms with Crippen molar-refractivity contribution in [1.82, 2.24) is 19.6 Å². The number of methoxy groups -OCH3 is 2. The molecule has 0 saturated heterocycles. The summed E-state index contributed by atoms with van der Waals surface area (Å²) >= 11 is 0. The Morgan fingerprint density at radius 1 is 1.08 bits per heavy atom. The van der Waals surface area contributed by atoms with E-state index in [4.69, 9.17) is 19.9 Å². The third kappa shape index (κ3) is 5.56. The summed E-state index contributed by atoms with van der Waals surface area (Å²) in [5.41, 5.74) is 8.80. The second-order valence-electron chi connectivity index (χ2n) is 9.84. The van der Waals surface area contributed by atoms with E-state index in [0.29, 0.717) is 24.0 Å². The highest BCUT2D eigenvalue weighted by molar-refractivity contribution is 5.66. The van der Waals surface area contributed by atoms with Crippen molar-refractivity contribution in [3.05, 3.63) is 66.1 Å². The predicted octanol–water partition coefficient (Wildman–Crippen LogP) is 4.69. The molecular formula is C28H32F2N6O3. The van der Waals surface area contributed by atoms with Crippen LogP contribution in [0.2, 0.25) is 0 Å². The van der Waals surface area contributed by atoms with Gasteiger partial charge in [-0.2, -0.15) is 9.61 Å². The molecule has 9 nitrogen and oxygen atoms in total. The number of hydrogen-bond acceptors (Lipinski definition) is 8. The third-order valence-electron chi connectivity index (χ3n) is 7.22. The Kier molecular flexibility index (Phi) is 8.01. The summed E-state index contributed by atoms with van der Waals surface area (Å²) in [5, 5.41) is 7.84. The Balaban J connectivity index is 1.44. The number of pyridine rings is 1. The van der Waals surface area contributed by atoms with E-state index in [1.54, 1.807) is 37.8 Å². The average Bonchev–Trinajstić information content (AvgIpc) is 3.30. The normalized spacial score (nSPS) is 21.3. The van der Waals surface area contributed by atoms with Gasteiger partial charge in [-0.25, -0.2) is 13.8 Å². The van der Waals surface area contributed by atoms with Gasteiger partial charge in [0, 0.05) is 38.6 Å². The summed E-state index contributed by atoms with van der Waals surface area (Å²) in [7, 11) is 3.22. The molecule has 3 aromatic heterocycles.